The van der Waals surface area contributed by atoms with E-state index < -0.39 is 0 Å². The third kappa shape index (κ3) is 3.85. The second kappa shape index (κ2) is 7.32. The number of hydrogen-bond donors (Lipinski definition) is 2. The highest BCUT2D eigenvalue weighted by Crippen LogP contribution is 2.39. The summed E-state index contributed by atoms with van der Waals surface area (Å²) in [4.78, 5) is 12.2. The van der Waals surface area contributed by atoms with Crippen molar-refractivity contribution in [1.82, 2.24) is 5.32 Å². The lowest BCUT2D eigenvalue weighted by atomic mass is 9.75. The Balaban J connectivity index is 1.69. The fourth-order valence-corrected chi connectivity index (χ4v) is 3.33. The molecule has 2 aliphatic rings. The van der Waals surface area contributed by atoms with Crippen LogP contribution in [0.5, 0.6) is 5.75 Å². The van der Waals surface area contributed by atoms with Gasteiger partial charge in [0.2, 0.25) is 5.91 Å². The third-order valence-electron chi connectivity index (χ3n) is 4.69. The van der Waals surface area contributed by atoms with Gasteiger partial charge in [-0.3, -0.25) is 4.79 Å². The summed E-state index contributed by atoms with van der Waals surface area (Å²) in [6, 6.07) is 6.12. The van der Waals surface area contributed by atoms with Crippen molar-refractivity contribution >= 4 is 5.91 Å². The molecule has 0 spiro atoms. The summed E-state index contributed by atoms with van der Waals surface area (Å²) >= 11 is 0. The molecule has 1 aliphatic heterocycles. The highest BCUT2D eigenvalue weighted by molar-refractivity contribution is 5.76. The Labute approximate surface area is 137 Å². The minimum Gasteiger partial charge on any atom is -0.493 e. The Morgan fingerprint density at radius 2 is 2.30 bits per heavy atom. The Bertz CT molecular complexity index is 554. The standard InChI is InChI=1S/C18H25NO4/c1-2-22-7-6-17(21)19-18(14-10-15(20)11-14)13-3-4-16-12(9-13)5-8-23-16/h3-4,9,14-15,18,20H,2,5-8,10-11H2,1H3,(H,19,21)/t14?,15?,18-/m1/s1. The van der Waals surface area contributed by atoms with Crippen LogP contribution in [0.3, 0.4) is 0 Å². The highest BCUT2D eigenvalue weighted by Gasteiger charge is 2.36. The van der Waals surface area contributed by atoms with Crippen LogP contribution in [0.2, 0.25) is 0 Å². The minimum absolute atomic E-state index is 0.00147. The summed E-state index contributed by atoms with van der Waals surface area (Å²) < 4.78 is 10.8. The predicted molar refractivity (Wildman–Crippen MR) is 86.4 cm³/mol. The molecule has 2 N–H and O–H groups in total. The zero-order valence-corrected chi connectivity index (χ0v) is 13.6. The molecule has 0 radical (unpaired) electrons. The fourth-order valence-electron chi connectivity index (χ4n) is 3.33. The van der Waals surface area contributed by atoms with Gasteiger partial charge in [0.1, 0.15) is 5.75 Å². The average Bonchev–Trinajstić information content (AvgIpc) is 2.97. The van der Waals surface area contributed by atoms with Crippen molar-refractivity contribution in [3.8, 4) is 5.75 Å². The smallest absolute Gasteiger partial charge is 0.222 e. The Morgan fingerprint density at radius 1 is 1.48 bits per heavy atom. The van der Waals surface area contributed by atoms with Gasteiger partial charge in [0.15, 0.2) is 0 Å². The predicted octanol–water partition coefficient (Wildman–Crippen LogP) is 1.98. The summed E-state index contributed by atoms with van der Waals surface area (Å²) in [5.74, 6) is 1.24. The lowest BCUT2D eigenvalue weighted by Crippen LogP contribution is -2.41. The average molecular weight is 319 g/mol. The van der Waals surface area contributed by atoms with Crippen molar-refractivity contribution in [2.45, 2.75) is 44.8 Å². The van der Waals surface area contributed by atoms with E-state index in [2.05, 4.69) is 11.4 Å². The van der Waals surface area contributed by atoms with E-state index >= 15 is 0 Å². The molecule has 3 rings (SSSR count). The number of ether oxygens (including phenoxy) is 2. The van der Waals surface area contributed by atoms with Gasteiger partial charge < -0.3 is 19.9 Å². The normalized spacial score (nSPS) is 23.6. The lowest BCUT2D eigenvalue weighted by molar-refractivity contribution is -0.124. The maximum absolute atomic E-state index is 12.2. The molecule has 126 valence electrons. The van der Waals surface area contributed by atoms with Crippen LogP contribution in [0.25, 0.3) is 0 Å². The largest absolute Gasteiger partial charge is 0.493 e. The van der Waals surface area contributed by atoms with Crippen LogP contribution in [0, 0.1) is 5.92 Å². The van der Waals surface area contributed by atoms with Crippen molar-refractivity contribution in [3.63, 3.8) is 0 Å². The van der Waals surface area contributed by atoms with E-state index in [9.17, 15) is 9.90 Å². The molecule has 0 bridgehead atoms. The van der Waals surface area contributed by atoms with Gasteiger partial charge in [0.05, 0.1) is 25.4 Å². The first-order chi connectivity index (χ1) is 11.2. The molecule has 1 aromatic carbocycles. The molecule has 0 saturated heterocycles. The molecule has 0 unspecified atom stereocenters. The lowest BCUT2D eigenvalue weighted by Gasteiger charge is -2.38. The summed E-state index contributed by atoms with van der Waals surface area (Å²) in [5, 5.41) is 12.8. The topological polar surface area (TPSA) is 67.8 Å². The second-order valence-electron chi connectivity index (χ2n) is 6.34. The van der Waals surface area contributed by atoms with Gasteiger partial charge in [0, 0.05) is 19.4 Å². The minimum atomic E-state index is -0.236. The Hall–Kier alpha value is -1.59. The van der Waals surface area contributed by atoms with Gasteiger partial charge in [-0.25, -0.2) is 0 Å². The van der Waals surface area contributed by atoms with E-state index in [1.807, 2.05) is 19.1 Å². The number of nitrogens with one attached hydrogen (secondary N) is 1. The van der Waals surface area contributed by atoms with Crippen molar-refractivity contribution in [1.29, 1.82) is 0 Å². The van der Waals surface area contributed by atoms with Crippen molar-refractivity contribution in [3.05, 3.63) is 29.3 Å². The van der Waals surface area contributed by atoms with Crippen LogP contribution in [0.1, 0.15) is 43.4 Å². The third-order valence-corrected chi connectivity index (χ3v) is 4.69. The van der Waals surface area contributed by atoms with Crippen molar-refractivity contribution < 1.29 is 19.4 Å². The van der Waals surface area contributed by atoms with Gasteiger partial charge in [0.25, 0.3) is 0 Å². The zero-order valence-electron chi connectivity index (χ0n) is 13.6. The molecular weight excluding hydrogens is 294 g/mol. The first-order valence-electron chi connectivity index (χ1n) is 8.48. The number of fused-ring (bicyclic) bond motifs is 1. The van der Waals surface area contributed by atoms with Crippen LogP contribution < -0.4 is 10.1 Å². The maximum atomic E-state index is 12.2. The number of rotatable bonds is 7. The van der Waals surface area contributed by atoms with Crippen molar-refractivity contribution in [2.75, 3.05) is 19.8 Å². The van der Waals surface area contributed by atoms with Gasteiger partial charge in [-0.1, -0.05) is 6.07 Å². The summed E-state index contributed by atoms with van der Waals surface area (Å²) in [7, 11) is 0. The molecular formula is C18H25NO4. The fraction of sp³-hybridized carbons (Fsp3) is 0.611. The van der Waals surface area contributed by atoms with Gasteiger partial charge in [-0.05, 0) is 48.9 Å². The maximum Gasteiger partial charge on any atom is 0.222 e. The quantitative estimate of drug-likeness (QED) is 0.754. The van der Waals surface area contributed by atoms with E-state index in [4.69, 9.17) is 9.47 Å². The molecule has 5 nitrogen and oxygen atoms in total. The number of carbonyl (C=O) groups is 1. The first kappa shape index (κ1) is 16.3. The molecule has 23 heavy (non-hydrogen) atoms. The second-order valence-corrected chi connectivity index (χ2v) is 6.34. The summed E-state index contributed by atoms with van der Waals surface area (Å²) in [6.07, 6.45) is 2.53. The van der Waals surface area contributed by atoms with Crippen LogP contribution in [0.4, 0.5) is 0 Å². The van der Waals surface area contributed by atoms with Crippen molar-refractivity contribution in [2.24, 2.45) is 5.92 Å². The molecule has 1 atom stereocenters. The number of carbonyl (C=O) groups excluding carboxylic acids is 1. The monoisotopic (exact) mass is 319 g/mol. The SMILES string of the molecule is CCOCCC(=O)N[C@H](c1ccc2c(c1)CCO2)C1CC(O)C1. The van der Waals surface area contributed by atoms with Crippen LogP contribution in [-0.4, -0.2) is 36.9 Å². The Kier molecular flexibility index (Phi) is 5.18. The molecule has 1 aliphatic carbocycles. The van der Waals surface area contributed by atoms with Crippen LogP contribution in [-0.2, 0) is 16.0 Å². The van der Waals surface area contributed by atoms with E-state index in [0.29, 0.717) is 25.6 Å². The van der Waals surface area contributed by atoms with Gasteiger partial charge in [-0.15, -0.1) is 0 Å². The van der Waals surface area contributed by atoms with Gasteiger partial charge in [-0.2, -0.15) is 0 Å². The first-order valence-corrected chi connectivity index (χ1v) is 8.48. The molecule has 1 amide bonds. The number of aliphatic hydroxyl groups excluding tert-OH is 1. The summed E-state index contributed by atoms with van der Waals surface area (Å²) in [6.45, 7) is 3.71. The van der Waals surface area contributed by atoms with E-state index in [0.717, 1.165) is 37.2 Å². The highest BCUT2D eigenvalue weighted by atomic mass is 16.5. The molecule has 1 heterocycles. The number of amides is 1. The Morgan fingerprint density at radius 3 is 3.04 bits per heavy atom. The molecule has 5 heteroatoms. The van der Waals surface area contributed by atoms with E-state index in [-0.39, 0.29) is 18.1 Å². The number of benzene rings is 1. The van der Waals surface area contributed by atoms with Crippen LogP contribution in [0.15, 0.2) is 18.2 Å². The zero-order chi connectivity index (χ0) is 16.2. The molecule has 0 aromatic heterocycles. The number of aliphatic hydroxyl groups is 1. The molecule has 1 aromatic rings. The number of hydrogen-bond acceptors (Lipinski definition) is 4. The van der Waals surface area contributed by atoms with Crippen LogP contribution >= 0.6 is 0 Å². The summed E-state index contributed by atoms with van der Waals surface area (Å²) in [5.41, 5.74) is 2.31. The van der Waals surface area contributed by atoms with Gasteiger partial charge >= 0.3 is 0 Å². The van der Waals surface area contributed by atoms with E-state index in [1.54, 1.807) is 0 Å². The van der Waals surface area contributed by atoms with E-state index in [1.165, 1.54) is 5.56 Å². The molecule has 1 saturated carbocycles. The molecule has 1 fully saturated rings.